The van der Waals surface area contributed by atoms with Gasteiger partial charge in [-0.25, -0.2) is 0 Å². The molecule has 0 saturated heterocycles. The highest BCUT2D eigenvalue weighted by atomic mass is 16.4. The van der Waals surface area contributed by atoms with Crippen LogP contribution in [0.5, 0.6) is 0 Å². The van der Waals surface area contributed by atoms with Crippen LogP contribution in [-0.2, 0) is 9.59 Å². The van der Waals surface area contributed by atoms with Gasteiger partial charge in [0, 0.05) is 12.0 Å². The number of aliphatic carboxylic acids is 1. The molecule has 5 nitrogen and oxygen atoms in total. The molecule has 1 saturated carbocycles. The second-order valence-electron chi connectivity index (χ2n) is 5.03. The molecule has 1 atom stereocenters. The molecule has 0 heterocycles. The first-order valence-electron chi connectivity index (χ1n) is 5.62. The Kier molecular flexibility index (Phi) is 3.91. The Morgan fingerprint density at radius 3 is 2.50 bits per heavy atom. The third kappa shape index (κ3) is 3.81. The molecule has 92 valence electrons. The molecule has 0 bridgehead atoms. The van der Waals surface area contributed by atoms with Gasteiger partial charge in [-0.05, 0) is 39.0 Å². The maximum Gasteiger partial charge on any atom is 0.320 e. The van der Waals surface area contributed by atoms with Crippen molar-refractivity contribution >= 4 is 11.9 Å². The van der Waals surface area contributed by atoms with E-state index in [1.165, 1.54) is 0 Å². The van der Waals surface area contributed by atoms with Crippen LogP contribution in [0.2, 0.25) is 0 Å². The largest absolute Gasteiger partial charge is 0.480 e. The van der Waals surface area contributed by atoms with Crippen molar-refractivity contribution in [1.82, 2.24) is 5.32 Å². The lowest BCUT2D eigenvalue weighted by Crippen LogP contribution is -2.45. The van der Waals surface area contributed by atoms with E-state index in [1.54, 1.807) is 0 Å². The monoisotopic (exact) mass is 228 g/mol. The Morgan fingerprint density at radius 1 is 1.50 bits per heavy atom. The van der Waals surface area contributed by atoms with Crippen LogP contribution >= 0.6 is 0 Å². The molecule has 0 aromatic rings. The van der Waals surface area contributed by atoms with Crippen molar-refractivity contribution in [2.24, 2.45) is 11.7 Å². The van der Waals surface area contributed by atoms with Gasteiger partial charge in [0.1, 0.15) is 6.04 Å². The lowest BCUT2D eigenvalue weighted by atomic mass is 9.98. The molecule has 5 heteroatoms. The molecule has 1 aliphatic rings. The number of nitrogens with two attached hydrogens (primary N) is 1. The normalized spacial score (nSPS) is 17.9. The third-order valence-corrected chi connectivity index (χ3v) is 3.06. The smallest absolute Gasteiger partial charge is 0.320 e. The summed E-state index contributed by atoms with van der Waals surface area (Å²) >= 11 is 0. The number of amides is 1. The lowest BCUT2D eigenvalue weighted by molar-refractivity contribution is -0.138. The average molecular weight is 228 g/mol. The summed E-state index contributed by atoms with van der Waals surface area (Å²) in [5.41, 5.74) is 5.14. The molecule has 0 aromatic carbocycles. The minimum atomic E-state index is -1.06. The van der Waals surface area contributed by atoms with Crippen LogP contribution in [0.3, 0.4) is 0 Å². The average Bonchev–Trinajstić information content (AvgIpc) is 2.96. The van der Waals surface area contributed by atoms with E-state index in [0.717, 1.165) is 12.8 Å². The Bertz CT molecular complexity index is 285. The van der Waals surface area contributed by atoms with Crippen molar-refractivity contribution < 1.29 is 14.7 Å². The Labute approximate surface area is 95.4 Å². The van der Waals surface area contributed by atoms with Gasteiger partial charge in [-0.3, -0.25) is 9.59 Å². The zero-order valence-electron chi connectivity index (χ0n) is 9.82. The van der Waals surface area contributed by atoms with Gasteiger partial charge in [-0.2, -0.15) is 0 Å². The zero-order valence-corrected chi connectivity index (χ0v) is 9.82. The van der Waals surface area contributed by atoms with Crippen molar-refractivity contribution in [1.29, 1.82) is 0 Å². The van der Waals surface area contributed by atoms with Crippen molar-refractivity contribution in [3.05, 3.63) is 0 Å². The standard InChI is InChI=1S/C11H20N2O3/c1-11(2,7-3-4-7)13-9(14)6-5-8(12)10(15)16/h7-8H,3-6,12H2,1-2H3,(H,13,14)(H,15,16)/t8-/m0/s1. The van der Waals surface area contributed by atoms with Gasteiger partial charge in [0.15, 0.2) is 0 Å². The summed E-state index contributed by atoms with van der Waals surface area (Å²) < 4.78 is 0. The number of carbonyl (C=O) groups excluding carboxylic acids is 1. The molecule has 16 heavy (non-hydrogen) atoms. The maximum absolute atomic E-state index is 11.6. The molecule has 1 rings (SSSR count). The van der Waals surface area contributed by atoms with Gasteiger partial charge < -0.3 is 16.2 Å². The van der Waals surface area contributed by atoms with E-state index in [4.69, 9.17) is 10.8 Å². The van der Waals surface area contributed by atoms with Crippen molar-refractivity contribution in [2.75, 3.05) is 0 Å². The number of carboxylic acid groups (broad SMARTS) is 1. The molecule has 0 radical (unpaired) electrons. The number of carbonyl (C=O) groups is 2. The minimum absolute atomic E-state index is 0.117. The fourth-order valence-electron chi connectivity index (χ4n) is 1.74. The van der Waals surface area contributed by atoms with Crippen LogP contribution in [0.4, 0.5) is 0 Å². The van der Waals surface area contributed by atoms with Gasteiger partial charge >= 0.3 is 5.97 Å². The second-order valence-corrected chi connectivity index (χ2v) is 5.03. The van der Waals surface area contributed by atoms with Crippen molar-refractivity contribution in [3.63, 3.8) is 0 Å². The van der Waals surface area contributed by atoms with E-state index in [-0.39, 0.29) is 24.3 Å². The second kappa shape index (κ2) is 4.82. The Balaban J connectivity index is 2.27. The highest BCUT2D eigenvalue weighted by Crippen LogP contribution is 2.39. The molecule has 0 spiro atoms. The summed E-state index contributed by atoms with van der Waals surface area (Å²) in [4.78, 5) is 22.0. The van der Waals surface area contributed by atoms with Crippen molar-refractivity contribution in [3.8, 4) is 0 Å². The first-order chi connectivity index (χ1) is 7.33. The number of carboxylic acids is 1. The van der Waals surface area contributed by atoms with E-state index in [0.29, 0.717) is 5.92 Å². The van der Waals surface area contributed by atoms with Gasteiger partial charge in [0.2, 0.25) is 5.91 Å². The predicted molar refractivity (Wildman–Crippen MR) is 59.8 cm³/mol. The first kappa shape index (κ1) is 13.0. The van der Waals surface area contributed by atoms with E-state index in [1.807, 2.05) is 13.8 Å². The summed E-state index contributed by atoms with van der Waals surface area (Å²) in [6.45, 7) is 4.00. The van der Waals surface area contributed by atoms with Crippen molar-refractivity contribution in [2.45, 2.75) is 51.1 Å². The van der Waals surface area contributed by atoms with Crippen LogP contribution in [0.25, 0.3) is 0 Å². The fraction of sp³-hybridized carbons (Fsp3) is 0.818. The van der Waals surface area contributed by atoms with E-state index < -0.39 is 12.0 Å². The van der Waals surface area contributed by atoms with E-state index >= 15 is 0 Å². The molecule has 1 fully saturated rings. The number of rotatable bonds is 6. The summed E-state index contributed by atoms with van der Waals surface area (Å²) in [6, 6.07) is -0.949. The summed E-state index contributed by atoms with van der Waals surface area (Å²) in [5.74, 6) is -0.618. The number of hydrogen-bond acceptors (Lipinski definition) is 3. The van der Waals surface area contributed by atoms with Crippen LogP contribution in [0.15, 0.2) is 0 Å². The zero-order chi connectivity index (χ0) is 12.3. The molecule has 0 aliphatic heterocycles. The molecular formula is C11H20N2O3. The lowest BCUT2D eigenvalue weighted by Gasteiger charge is -2.26. The first-order valence-corrected chi connectivity index (χ1v) is 5.62. The van der Waals surface area contributed by atoms with Crippen LogP contribution < -0.4 is 11.1 Å². The third-order valence-electron chi connectivity index (χ3n) is 3.06. The molecule has 4 N–H and O–H groups in total. The Hall–Kier alpha value is -1.10. The Morgan fingerprint density at radius 2 is 2.06 bits per heavy atom. The number of hydrogen-bond donors (Lipinski definition) is 3. The van der Waals surface area contributed by atoms with Crippen LogP contribution in [-0.4, -0.2) is 28.6 Å². The van der Waals surface area contributed by atoms with Gasteiger partial charge in [0.25, 0.3) is 0 Å². The molecule has 1 aliphatic carbocycles. The molecule has 0 aromatic heterocycles. The highest BCUT2D eigenvalue weighted by Gasteiger charge is 2.38. The van der Waals surface area contributed by atoms with E-state index in [9.17, 15) is 9.59 Å². The topological polar surface area (TPSA) is 92.4 Å². The minimum Gasteiger partial charge on any atom is -0.480 e. The number of nitrogens with one attached hydrogen (secondary N) is 1. The quantitative estimate of drug-likeness (QED) is 0.616. The highest BCUT2D eigenvalue weighted by molar-refractivity contribution is 5.78. The molecule has 1 amide bonds. The van der Waals surface area contributed by atoms with Gasteiger partial charge in [-0.15, -0.1) is 0 Å². The van der Waals surface area contributed by atoms with Crippen LogP contribution in [0.1, 0.15) is 39.5 Å². The predicted octanol–water partition coefficient (Wildman–Crippen LogP) is 0.483. The SMILES string of the molecule is CC(C)(NC(=O)CC[C@H](N)C(=O)O)C1CC1. The van der Waals surface area contributed by atoms with E-state index in [2.05, 4.69) is 5.32 Å². The van der Waals surface area contributed by atoms with Gasteiger partial charge in [-0.1, -0.05) is 0 Å². The maximum atomic E-state index is 11.6. The summed E-state index contributed by atoms with van der Waals surface area (Å²) in [7, 11) is 0. The van der Waals surface area contributed by atoms with Crippen LogP contribution in [0, 0.1) is 5.92 Å². The fourth-order valence-corrected chi connectivity index (χ4v) is 1.74. The summed E-state index contributed by atoms with van der Waals surface area (Å²) in [6.07, 6.45) is 2.66. The summed E-state index contributed by atoms with van der Waals surface area (Å²) in [5, 5.41) is 11.5. The molecule has 0 unspecified atom stereocenters. The molecular weight excluding hydrogens is 208 g/mol. The van der Waals surface area contributed by atoms with Gasteiger partial charge in [0.05, 0.1) is 0 Å².